The maximum absolute atomic E-state index is 12.5. The van der Waals surface area contributed by atoms with E-state index in [-0.39, 0.29) is 18.5 Å². The molecule has 1 amide bonds. The molecule has 2 aromatic rings. The fraction of sp³-hybridized carbons (Fsp3) is 0.409. The molecule has 2 rings (SSSR count). The van der Waals surface area contributed by atoms with E-state index in [1.807, 2.05) is 44.2 Å². The van der Waals surface area contributed by atoms with Gasteiger partial charge in [-0.15, -0.1) is 0 Å². The second-order valence-corrected chi connectivity index (χ2v) is 9.01. The Kier molecular flexibility index (Phi) is 8.51. The van der Waals surface area contributed by atoms with Crippen molar-refractivity contribution < 1.29 is 17.9 Å². The van der Waals surface area contributed by atoms with E-state index in [1.165, 1.54) is 5.56 Å². The summed E-state index contributed by atoms with van der Waals surface area (Å²) in [6.07, 6.45) is 3.61. The summed E-state index contributed by atoms with van der Waals surface area (Å²) in [6.45, 7) is 4.27. The predicted molar refractivity (Wildman–Crippen MR) is 117 cm³/mol. The van der Waals surface area contributed by atoms with Crippen LogP contribution in [0.2, 0.25) is 0 Å². The first-order valence-corrected chi connectivity index (χ1v) is 11.7. The molecule has 2 aromatic carbocycles. The highest BCUT2D eigenvalue weighted by Gasteiger charge is 2.21. The zero-order valence-electron chi connectivity index (χ0n) is 17.3. The van der Waals surface area contributed by atoms with E-state index in [0.29, 0.717) is 18.0 Å². The first-order valence-electron chi connectivity index (χ1n) is 9.83. The van der Waals surface area contributed by atoms with E-state index in [1.54, 1.807) is 24.3 Å². The van der Waals surface area contributed by atoms with Crippen molar-refractivity contribution in [2.45, 2.75) is 39.2 Å². The van der Waals surface area contributed by atoms with Gasteiger partial charge in [0.15, 0.2) is 0 Å². The fourth-order valence-corrected chi connectivity index (χ4v) is 3.74. The number of benzene rings is 2. The van der Waals surface area contributed by atoms with Crippen LogP contribution in [0.15, 0.2) is 54.6 Å². The van der Waals surface area contributed by atoms with Gasteiger partial charge in [-0.2, -0.15) is 0 Å². The van der Waals surface area contributed by atoms with Crippen molar-refractivity contribution in [3.63, 3.8) is 0 Å². The summed E-state index contributed by atoms with van der Waals surface area (Å²) in [5.74, 6) is 0.338. The Hall–Kier alpha value is -2.54. The topological polar surface area (TPSA) is 75.7 Å². The minimum atomic E-state index is -3.60. The lowest BCUT2D eigenvalue weighted by Crippen LogP contribution is -2.43. The number of nitrogens with zero attached hydrogens (tertiary/aromatic N) is 1. The van der Waals surface area contributed by atoms with Crippen LogP contribution in [0.25, 0.3) is 0 Å². The van der Waals surface area contributed by atoms with E-state index in [9.17, 15) is 13.2 Å². The molecule has 0 aliphatic rings. The standard InChI is InChI=1S/C22H30N2O4S/c1-4-16-28-21-14-12-20(13-15-21)24(29(3,26)27)17-22(25)23-18(2)10-11-19-8-6-5-7-9-19/h5-9,12-15,18H,4,10-11,16-17H2,1-3H3,(H,23,25)/t18-/m1/s1. The number of carbonyl (C=O) groups is 1. The number of ether oxygens (including phenoxy) is 1. The van der Waals surface area contributed by atoms with Gasteiger partial charge >= 0.3 is 0 Å². The lowest BCUT2D eigenvalue weighted by Gasteiger charge is -2.23. The molecule has 1 atom stereocenters. The SMILES string of the molecule is CCCOc1ccc(N(CC(=O)N[C@H](C)CCc2ccccc2)S(C)(=O)=O)cc1. The molecule has 0 radical (unpaired) electrons. The average molecular weight is 419 g/mol. The molecular formula is C22H30N2O4S. The highest BCUT2D eigenvalue weighted by molar-refractivity contribution is 7.92. The Balaban J connectivity index is 1.96. The Morgan fingerprint density at radius 1 is 1.10 bits per heavy atom. The van der Waals surface area contributed by atoms with Crippen LogP contribution in [-0.2, 0) is 21.2 Å². The lowest BCUT2D eigenvalue weighted by molar-refractivity contribution is -0.120. The van der Waals surface area contributed by atoms with Gasteiger partial charge in [0.2, 0.25) is 15.9 Å². The Morgan fingerprint density at radius 2 is 1.76 bits per heavy atom. The van der Waals surface area contributed by atoms with Crippen LogP contribution in [0.1, 0.15) is 32.3 Å². The fourth-order valence-electron chi connectivity index (χ4n) is 2.88. The van der Waals surface area contributed by atoms with Gasteiger partial charge in [-0.05, 0) is 56.0 Å². The van der Waals surface area contributed by atoms with Crippen molar-refractivity contribution in [2.75, 3.05) is 23.7 Å². The summed E-state index contributed by atoms with van der Waals surface area (Å²) in [4.78, 5) is 12.5. The molecule has 0 saturated carbocycles. The zero-order chi connectivity index (χ0) is 21.3. The van der Waals surface area contributed by atoms with Gasteiger partial charge in [-0.3, -0.25) is 9.10 Å². The molecule has 0 unspecified atom stereocenters. The number of hydrogen-bond acceptors (Lipinski definition) is 4. The molecule has 0 heterocycles. The molecule has 0 fully saturated rings. The maximum Gasteiger partial charge on any atom is 0.240 e. The van der Waals surface area contributed by atoms with Crippen LogP contribution in [0.3, 0.4) is 0 Å². The van der Waals surface area contributed by atoms with Gasteiger partial charge in [0.05, 0.1) is 18.6 Å². The molecule has 0 saturated heterocycles. The molecule has 7 heteroatoms. The second kappa shape index (κ2) is 10.9. The minimum absolute atomic E-state index is 0.0612. The number of anilines is 1. The highest BCUT2D eigenvalue weighted by atomic mass is 32.2. The van der Waals surface area contributed by atoms with Crippen molar-refractivity contribution in [3.8, 4) is 5.75 Å². The number of sulfonamides is 1. The van der Waals surface area contributed by atoms with Crippen LogP contribution in [0.4, 0.5) is 5.69 Å². The zero-order valence-corrected chi connectivity index (χ0v) is 18.1. The Labute approximate surface area is 173 Å². The largest absolute Gasteiger partial charge is 0.494 e. The monoisotopic (exact) mass is 418 g/mol. The van der Waals surface area contributed by atoms with Crippen molar-refractivity contribution in [1.29, 1.82) is 0 Å². The van der Waals surface area contributed by atoms with Crippen LogP contribution in [0, 0.1) is 0 Å². The number of amides is 1. The number of nitrogens with one attached hydrogen (secondary N) is 1. The molecule has 1 N–H and O–H groups in total. The number of hydrogen-bond donors (Lipinski definition) is 1. The summed E-state index contributed by atoms with van der Waals surface area (Å²) in [5.41, 5.74) is 1.64. The van der Waals surface area contributed by atoms with Gasteiger partial charge in [-0.1, -0.05) is 37.3 Å². The van der Waals surface area contributed by atoms with Crippen molar-refractivity contribution in [1.82, 2.24) is 5.32 Å². The smallest absolute Gasteiger partial charge is 0.240 e. The predicted octanol–water partition coefficient (Wildman–Crippen LogP) is 3.38. The van der Waals surface area contributed by atoms with Gasteiger partial charge < -0.3 is 10.1 Å². The third kappa shape index (κ3) is 7.77. The van der Waals surface area contributed by atoms with Gasteiger partial charge in [0, 0.05) is 6.04 Å². The summed E-state index contributed by atoms with van der Waals surface area (Å²) < 4.78 is 31.1. The van der Waals surface area contributed by atoms with Crippen molar-refractivity contribution in [2.24, 2.45) is 0 Å². The first kappa shape index (κ1) is 22.7. The quantitative estimate of drug-likeness (QED) is 0.607. The first-order chi connectivity index (χ1) is 13.8. The van der Waals surface area contributed by atoms with Crippen molar-refractivity contribution in [3.05, 3.63) is 60.2 Å². The third-order valence-corrected chi connectivity index (χ3v) is 5.54. The normalized spacial score (nSPS) is 12.2. The van der Waals surface area contributed by atoms with Crippen LogP contribution in [-0.4, -0.2) is 39.8 Å². The van der Waals surface area contributed by atoms with Gasteiger partial charge in [0.25, 0.3) is 0 Å². The maximum atomic E-state index is 12.5. The Bertz CT molecular complexity index is 867. The summed E-state index contributed by atoms with van der Waals surface area (Å²) in [6, 6.07) is 16.7. The van der Waals surface area contributed by atoms with Crippen LogP contribution in [0.5, 0.6) is 5.75 Å². The van der Waals surface area contributed by atoms with Gasteiger partial charge in [0.1, 0.15) is 12.3 Å². The van der Waals surface area contributed by atoms with E-state index in [0.717, 1.165) is 29.8 Å². The molecule has 0 spiro atoms. The van der Waals surface area contributed by atoms with E-state index in [2.05, 4.69) is 5.32 Å². The number of carbonyl (C=O) groups excluding carboxylic acids is 1. The molecule has 29 heavy (non-hydrogen) atoms. The molecule has 0 aliphatic carbocycles. The Morgan fingerprint density at radius 3 is 2.34 bits per heavy atom. The number of rotatable bonds is 11. The molecule has 158 valence electrons. The van der Waals surface area contributed by atoms with Gasteiger partial charge in [-0.25, -0.2) is 8.42 Å². The minimum Gasteiger partial charge on any atom is -0.494 e. The summed E-state index contributed by atoms with van der Waals surface area (Å²) >= 11 is 0. The van der Waals surface area contributed by atoms with E-state index >= 15 is 0 Å². The molecule has 0 aromatic heterocycles. The third-order valence-electron chi connectivity index (χ3n) is 4.40. The lowest BCUT2D eigenvalue weighted by atomic mass is 10.1. The van der Waals surface area contributed by atoms with E-state index in [4.69, 9.17) is 4.74 Å². The van der Waals surface area contributed by atoms with Crippen LogP contribution < -0.4 is 14.4 Å². The molecule has 0 aliphatic heterocycles. The molecular weight excluding hydrogens is 388 g/mol. The van der Waals surface area contributed by atoms with Crippen molar-refractivity contribution >= 4 is 21.6 Å². The van der Waals surface area contributed by atoms with E-state index < -0.39 is 10.0 Å². The summed E-state index contributed by atoms with van der Waals surface area (Å²) in [5, 5.41) is 2.89. The highest BCUT2D eigenvalue weighted by Crippen LogP contribution is 2.21. The number of aryl methyl sites for hydroxylation is 1. The summed E-state index contributed by atoms with van der Waals surface area (Å²) in [7, 11) is -3.60. The second-order valence-electron chi connectivity index (χ2n) is 7.10. The average Bonchev–Trinajstić information content (AvgIpc) is 2.69. The molecule has 6 nitrogen and oxygen atoms in total. The van der Waals surface area contributed by atoms with Crippen LogP contribution >= 0.6 is 0 Å². The molecule has 0 bridgehead atoms.